The Balaban J connectivity index is 1.93. The van der Waals surface area contributed by atoms with Crippen LogP contribution in [0.25, 0.3) is 0 Å². The lowest BCUT2D eigenvalue weighted by Gasteiger charge is -2.14. The smallest absolute Gasteiger partial charge is 0.275 e. The van der Waals surface area contributed by atoms with Gasteiger partial charge in [-0.25, -0.2) is 4.98 Å². The van der Waals surface area contributed by atoms with Gasteiger partial charge in [-0.2, -0.15) is 5.10 Å². The summed E-state index contributed by atoms with van der Waals surface area (Å²) >= 11 is 7.64. The molecule has 0 atom stereocenters. The van der Waals surface area contributed by atoms with Crippen molar-refractivity contribution >= 4 is 34.0 Å². The molecule has 3 aromatic rings. The van der Waals surface area contributed by atoms with Gasteiger partial charge in [0.25, 0.3) is 5.91 Å². The average molecular weight is 404 g/mol. The molecule has 8 heteroatoms. The largest absolute Gasteiger partial charge is 0.325 e. The minimum Gasteiger partial charge on any atom is -0.325 e. The number of halogens is 1. The third-order valence-electron chi connectivity index (χ3n) is 4.04. The number of thiazole rings is 1. The standard InChI is InChI=1S/C19H22ClN5OS/c1-19(2,3)16-8-15(17(26)23-18-22-13(9-21)11-27-18)25(24-16)10-12-6-4-5-7-14(12)20/h4-8,11H,9-10,21H2,1-3H3,(H,22,23,26). The second-order valence-electron chi connectivity index (χ2n) is 7.22. The van der Waals surface area contributed by atoms with Gasteiger partial charge in [-0.1, -0.05) is 50.6 Å². The molecule has 2 aromatic heterocycles. The van der Waals surface area contributed by atoms with Crippen molar-refractivity contribution in [2.75, 3.05) is 5.32 Å². The first-order valence-electron chi connectivity index (χ1n) is 8.55. The van der Waals surface area contributed by atoms with Crippen molar-refractivity contribution in [3.63, 3.8) is 0 Å². The highest BCUT2D eigenvalue weighted by Gasteiger charge is 2.24. The summed E-state index contributed by atoms with van der Waals surface area (Å²) in [5, 5.41) is 10.5. The Kier molecular flexibility index (Phi) is 5.64. The molecule has 142 valence electrons. The Morgan fingerprint density at radius 1 is 1.33 bits per heavy atom. The number of amides is 1. The Bertz CT molecular complexity index is 957. The zero-order valence-electron chi connectivity index (χ0n) is 15.5. The number of aromatic nitrogens is 3. The SMILES string of the molecule is CC(C)(C)c1cc(C(=O)Nc2nc(CN)cs2)n(Cc2ccccc2Cl)n1. The van der Waals surface area contributed by atoms with Gasteiger partial charge < -0.3 is 5.73 Å². The third-order valence-corrected chi connectivity index (χ3v) is 5.22. The van der Waals surface area contributed by atoms with E-state index >= 15 is 0 Å². The summed E-state index contributed by atoms with van der Waals surface area (Å²) in [6.45, 7) is 6.93. The van der Waals surface area contributed by atoms with Gasteiger partial charge in [-0.3, -0.25) is 14.8 Å². The maximum atomic E-state index is 12.9. The van der Waals surface area contributed by atoms with E-state index in [4.69, 9.17) is 17.3 Å². The highest BCUT2D eigenvalue weighted by atomic mass is 35.5. The van der Waals surface area contributed by atoms with Crippen LogP contribution in [0.2, 0.25) is 5.02 Å². The van der Waals surface area contributed by atoms with Crippen molar-refractivity contribution < 1.29 is 4.79 Å². The number of hydrogen-bond donors (Lipinski definition) is 2. The van der Waals surface area contributed by atoms with E-state index in [9.17, 15) is 4.79 Å². The summed E-state index contributed by atoms with van der Waals surface area (Å²) in [4.78, 5) is 17.2. The number of carbonyl (C=O) groups excluding carboxylic acids is 1. The van der Waals surface area contributed by atoms with Crippen LogP contribution in [0, 0.1) is 0 Å². The van der Waals surface area contributed by atoms with Gasteiger partial charge in [0.15, 0.2) is 5.13 Å². The summed E-state index contributed by atoms with van der Waals surface area (Å²) in [6.07, 6.45) is 0. The quantitative estimate of drug-likeness (QED) is 0.672. The Hall–Kier alpha value is -2.22. The third kappa shape index (κ3) is 4.55. The molecule has 1 amide bonds. The van der Waals surface area contributed by atoms with Crippen LogP contribution in [0.4, 0.5) is 5.13 Å². The lowest BCUT2D eigenvalue weighted by molar-refractivity contribution is 0.101. The molecule has 2 heterocycles. The average Bonchev–Trinajstić information content (AvgIpc) is 3.23. The van der Waals surface area contributed by atoms with Crippen molar-refractivity contribution in [3.8, 4) is 0 Å². The molecular formula is C19H22ClN5OS. The van der Waals surface area contributed by atoms with Crippen LogP contribution in [0.3, 0.4) is 0 Å². The summed E-state index contributed by atoms with van der Waals surface area (Å²) in [7, 11) is 0. The fourth-order valence-corrected chi connectivity index (χ4v) is 3.41. The minimum absolute atomic E-state index is 0.186. The molecular weight excluding hydrogens is 382 g/mol. The van der Waals surface area contributed by atoms with Crippen LogP contribution >= 0.6 is 22.9 Å². The van der Waals surface area contributed by atoms with Crippen molar-refractivity contribution in [2.45, 2.75) is 39.3 Å². The highest BCUT2D eigenvalue weighted by Crippen LogP contribution is 2.24. The summed E-state index contributed by atoms with van der Waals surface area (Å²) in [5.41, 5.74) is 8.34. The van der Waals surface area contributed by atoms with Gasteiger partial charge in [0.1, 0.15) is 5.69 Å². The number of hydrogen-bond acceptors (Lipinski definition) is 5. The number of nitrogens with zero attached hydrogens (tertiary/aromatic N) is 3. The lowest BCUT2D eigenvalue weighted by Crippen LogP contribution is -2.18. The fraction of sp³-hybridized carbons (Fsp3) is 0.316. The lowest BCUT2D eigenvalue weighted by atomic mass is 9.92. The first-order chi connectivity index (χ1) is 12.8. The first kappa shape index (κ1) is 19.5. The molecule has 0 bridgehead atoms. The molecule has 27 heavy (non-hydrogen) atoms. The van der Waals surface area contributed by atoms with Gasteiger partial charge in [0.05, 0.1) is 17.9 Å². The predicted molar refractivity (Wildman–Crippen MR) is 109 cm³/mol. The Labute approximate surface area is 167 Å². The maximum absolute atomic E-state index is 12.9. The van der Waals surface area contributed by atoms with E-state index in [1.807, 2.05) is 35.7 Å². The molecule has 0 aliphatic rings. The van der Waals surface area contributed by atoms with Crippen molar-refractivity contribution in [3.05, 3.63) is 63.4 Å². The van der Waals surface area contributed by atoms with Gasteiger partial charge in [0, 0.05) is 22.4 Å². The zero-order chi connectivity index (χ0) is 19.6. The van der Waals surface area contributed by atoms with E-state index < -0.39 is 0 Å². The number of carbonyl (C=O) groups is 1. The molecule has 0 unspecified atom stereocenters. The number of nitrogens with one attached hydrogen (secondary N) is 1. The normalized spacial score (nSPS) is 11.6. The van der Waals surface area contributed by atoms with E-state index in [1.54, 1.807) is 4.68 Å². The van der Waals surface area contributed by atoms with Crippen LogP contribution in [0.1, 0.15) is 48.2 Å². The van der Waals surface area contributed by atoms with Crippen LogP contribution in [0.5, 0.6) is 0 Å². The van der Waals surface area contributed by atoms with Crippen LogP contribution in [-0.4, -0.2) is 20.7 Å². The summed E-state index contributed by atoms with van der Waals surface area (Å²) in [6, 6.07) is 9.37. The molecule has 1 aromatic carbocycles. The van der Waals surface area contributed by atoms with Gasteiger partial charge >= 0.3 is 0 Å². The molecule has 0 fully saturated rings. The highest BCUT2D eigenvalue weighted by molar-refractivity contribution is 7.13. The van der Waals surface area contributed by atoms with E-state index in [-0.39, 0.29) is 11.3 Å². The van der Waals surface area contributed by atoms with Gasteiger partial charge in [0.2, 0.25) is 0 Å². The topological polar surface area (TPSA) is 85.8 Å². The summed E-state index contributed by atoms with van der Waals surface area (Å²) in [5.74, 6) is -0.261. The predicted octanol–water partition coefficient (Wildman–Crippen LogP) is 4.05. The minimum atomic E-state index is -0.261. The van der Waals surface area contributed by atoms with E-state index in [2.05, 4.69) is 36.2 Å². The van der Waals surface area contributed by atoms with Crippen molar-refractivity contribution in [1.29, 1.82) is 0 Å². The molecule has 0 saturated heterocycles. The van der Waals surface area contributed by atoms with Crippen molar-refractivity contribution in [2.24, 2.45) is 5.73 Å². The molecule has 0 aliphatic carbocycles. The monoisotopic (exact) mass is 403 g/mol. The van der Waals surface area contributed by atoms with Crippen LogP contribution < -0.4 is 11.1 Å². The van der Waals surface area contributed by atoms with Crippen molar-refractivity contribution in [1.82, 2.24) is 14.8 Å². The molecule has 0 aliphatic heterocycles. The Morgan fingerprint density at radius 2 is 2.07 bits per heavy atom. The number of anilines is 1. The molecule has 0 radical (unpaired) electrons. The van der Waals surface area contributed by atoms with E-state index in [0.29, 0.717) is 28.9 Å². The van der Waals surface area contributed by atoms with Gasteiger partial charge in [-0.05, 0) is 17.7 Å². The second kappa shape index (κ2) is 7.80. The number of nitrogens with two attached hydrogens (primary N) is 1. The molecule has 3 N–H and O–H groups in total. The second-order valence-corrected chi connectivity index (χ2v) is 8.48. The first-order valence-corrected chi connectivity index (χ1v) is 9.81. The summed E-state index contributed by atoms with van der Waals surface area (Å²) < 4.78 is 1.69. The zero-order valence-corrected chi connectivity index (χ0v) is 17.1. The molecule has 6 nitrogen and oxygen atoms in total. The van der Waals surface area contributed by atoms with E-state index in [0.717, 1.165) is 17.0 Å². The molecule has 0 spiro atoms. The fourth-order valence-electron chi connectivity index (χ4n) is 2.49. The maximum Gasteiger partial charge on any atom is 0.275 e. The van der Waals surface area contributed by atoms with E-state index in [1.165, 1.54) is 11.3 Å². The number of benzene rings is 1. The number of rotatable bonds is 5. The van der Waals surface area contributed by atoms with Gasteiger partial charge in [-0.15, -0.1) is 11.3 Å². The molecule has 0 saturated carbocycles. The molecule has 3 rings (SSSR count). The van der Waals surface area contributed by atoms with Crippen LogP contribution in [0.15, 0.2) is 35.7 Å². The Morgan fingerprint density at radius 3 is 2.70 bits per heavy atom. The van der Waals surface area contributed by atoms with Crippen LogP contribution in [-0.2, 0) is 18.5 Å².